The highest BCUT2D eigenvalue weighted by Gasteiger charge is 2.10. The van der Waals surface area contributed by atoms with Gasteiger partial charge in [0.1, 0.15) is 11.6 Å². The van der Waals surface area contributed by atoms with E-state index >= 15 is 0 Å². The number of aromatic nitrogens is 1. The molecule has 7 heteroatoms. The molecule has 2 rings (SSSR count). The van der Waals surface area contributed by atoms with Crippen LogP contribution in [0.1, 0.15) is 10.4 Å². The van der Waals surface area contributed by atoms with Crippen LogP contribution in [-0.4, -0.2) is 22.7 Å². The molecule has 0 amide bonds. The Hall–Kier alpha value is -2.70. The summed E-state index contributed by atoms with van der Waals surface area (Å²) >= 11 is 0. The normalized spacial score (nSPS) is 10.3. The Morgan fingerprint density at radius 2 is 2.05 bits per heavy atom. The lowest BCUT2D eigenvalue weighted by Gasteiger charge is -2.12. The number of carboxylic acids is 1. The van der Waals surface area contributed by atoms with Crippen LogP contribution in [0.2, 0.25) is 0 Å². The van der Waals surface area contributed by atoms with Gasteiger partial charge in [0.05, 0.1) is 11.3 Å². The van der Waals surface area contributed by atoms with Gasteiger partial charge < -0.3 is 15.2 Å². The molecular formula is C13H10F2N2O3. The molecule has 1 aromatic heterocycles. The number of benzene rings is 1. The van der Waals surface area contributed by atoms with E-state index in [0.29, 0.717) is 0 Å². The van der Waals surface area contributed by atoms with Crippen LogP contribution in [-0.2, 0) is 0 Å². The van der Waals surface area contributed by atoms with Gasteiger partial charge in [0.15, 0.2) is 0 Å². The number of carboxylic acid groups (broad SMARTS) is 1. The Morgan fingerprint density at radius 3 is 2.75 bits per heavy atom. The zero-order valence-corrected chi connectivity index (χ0v) is 10.1. The van der Waals surface area contributed by atoms with E-state index in [-0.39, 0.29) is 22.8 Å². The first-order valence-corrected chi connectivity index (χ1v) is 5.56. The van der Waals surface area contributed by atoms with Gasteiger partial charge in [-0.2, -0.15) is 8.78 Å². The fourth-order valence-electron chi connectivity index (χ4n) is 1.54. The van der Waals surface area contributed by atoms with Crippen LogP contribution in [0.3, 0.4) is 0 Å². The van der Waals surface area contributed by atoms with Gasteiger partial charge in [0, 0.05) is 6.20 Å². The molecular weight excluding hydrogens is 270 g/mol. The number of alkyl halides is 2. The molecule has 0 saturated heterocycles. The summed E-state index contributed by atoms with van der Waals surface area (Å²) in [4.78, 5) is 14.8. The van der Waals surface area contributed by atoms with E-state index in [4.69, 9.17) is 5.11 Å². The molecule has 0 aliphatic heterocycles. The summed E-state index contributed by atoms with van der Waals surface area (Å²) in [5.41, 5.74) is 0.303. The van der Waals surface area contributed by atoms with Gasteiger partial charge >= 0.3 is 12.6 Å². The molecule has 0 spiro atoms. The predicted octanol–water partition coefficient (Wildman–Crippen LogP) is 3.12. The van der Waals surface area contributed by atoms with Gasteiger partial charge in [0.2, 0.25) is 0 Å². The molecule has 2 aromatic rings. The van der Waals surface area contributed by atoms with E-state index in [1.54, 1.807) is 12.1 Å². The largest absolute Gasteiger partial charge is 0.478 e. The Balaban J connectivity index is 2.25. The third kappa shape index (κ3) is 3.41. The van der Waals surface area contributed by atoms with Crippen molar-refractivity contribution in [2.24, 2.45) is 0 Å². The molecule has 0 unspecified atom stereocenters. The number of hydrogen-bond acceptors (Lipinski definition) is 4. The summed E-state index contributed by atoms with van der Waals surface area (Å²) < 4.78 is 28.9. The van der Waals surface area contributed by atoms with Crippen LogP contribution in [0.25, 0.3) is 0 Å². The third-order valence-electron chi connectivity index (χ3n) is 2.37. The molecule has 20 heavy (non-hydrogen) atoms. The molecule has 0 aliphatic rings. The lowest BCUT2D eigenvalue weighted by Crippen LogP contribution is -2.05. The van der Waals surface area contributed by atoms with Crippen molar-refractivity contribution in [2.45, 2.75) is 6.61 Å². The SMILES string of the molecule is O=C(O)c1ccnc(Nc2ccccc2OC(F)F)c1. The number of para-hydroxylation sites is 2. The minimum atomic E-state index is -2.95. The number of rotatable bonds is 5. The maximum Gasteiger partial charge on any atom is 0.387 e. The van der Waals surface area contributed by atoms with Crippen LogP contribution in [0.15, 0.2) is 42.6 Å². The number of aromatic carboxylic acids is 1. The predicted molar refractivity (Wildman–Crippen MR) is 67.6 cm³/mol. The summed E-state index contributed by atoms with van der Waals surface area (Å²) in [5.74, 6) is -0.937. The van der Waals surface area contributed by atoms with E-state index in [0.717, 1.165) is 0 Å². The second kappa shape index (κ2) is 5.96. The van der Waals surface area contributed by atoms with E-state index in [2.05, 4.69) is 15.0 Å². The average molecular weight is 280 g/mol. The van der Waals surface area contributed by atoms with Crippen molar-refractivity contribution >= 4 is 17.5 Å². The van der Waals surface area contributed by atoms with Crippen LogP contribution in [0.4, 0.5) is 20.3 Å². The summed E-state index contributed by atoms with van der Waals surface area (Å²) in [5, 5.41) is 11.6. The van der Waals surface area contributed by atoms with Crippen molar-refractivity contribution in [3.63, 3.8) is 0 Å². The molecule has 0 radical (unpaired) electrons. The van der Waals surface area contributed by atoms with Crippen molar-refractivity contribution < 1.29 is 23.4 Å². The Kier molecular flexibility index (Phi) is 4.09. The van der Waals surface area contributed by atoms with Crippen molar-refractivity contribution in [1.82, 2.24) is 4.98 Å². The lowest BCUT2D eigenvalue weighted by molar-refractivity contribution is -0.0493. The molecule has 104 valence electrons. The number of nitrogens with one attached hydrogen (secondary N) is 1. The molecule has 0 saturated carbocycles. The molecule has 2 N–H and O–H groups in total. The van der Waals surface area contributed by atoms with Gasteiger partial charge in [-0.1, -0.05) is 12.1 Å². The highest BCUT2D eigenvalue weighted by Crippen LogP contribution is 2.28. The minimum absolute atomic E-state index is 0.0368. The van der Waals surface area contributed by atoms with Gasteiger partial charge in [-0.3, -0.25) is 0 Å². The maximum atomic E-state index is 12.3. The highest BCUT2D eigenvalue weighted by atomic mass is 19.3. The maximum absolute atomic E-state index is 12.3. The van der Waals surface area contributed by atoms with E-state index < -0.39 is 12.6 Å². The van der Waals surface area contributed by atoms with Gasteiger partial charge in [-0.05, 0) is 24.3 Å². The van der Waals surface area contributed by atoms with Crippen molar-refractivity contribution in [3.8, 4) is 5.75 Å². The second-order valence-electron chi connectivity index (χ2n) is 3.73. The monoisotopic (exact) mass is 280 g/mol. The number of anilines is 2. The summed E-state index contributed by atoms with van der Waals surface area (Å²) in [6.07, 6.45) is 1.31. The average Bonchev–Trinajstić information content (AvgIpc) is 2.41. The van der Waals surface area contributed by atoms with Crippen LogP contribution >= 0.6 is 0 Å². The Bertz CT molecular complexity index is 620. The number of halogens is 2. The molecule has 0 bridgehead atoms. The molecule has 5 nitrogen and oxygen atoms in total. The fraction of sp³-hybridized carbons (Fsp3) is 0.0769. The van der Waals surface area contributed by atoms with Crippen molar-refractivity contribution in [2.75, 3.05) is 5.32 Å². The summed E-state index contributed by atoms with van der Waals surface area (Å²) in [7, 11) is 0. The van der Waals surface area contributed by atoms with E-state index in [1.165, 1.54) is 30.5 Å². The number of ether oxygens (including phenoxy) is 1. The first-order chi connectivity index (χ1) is 9.56. The quantitative estimate of drug-likeness (QED) is 0.880. The van der Waals surface area contributed by atoms with Crippen molar-refractivity contribution in [1.29, 1.82) is 0 Å². The fourth-order valence-corrected chi connectivity index (χ4v) is 1.54. The standard InChI is InChI=1S/C13H10F2N2O3/c14-13(15)20-10-4-2-1-3-9(10)17-11-7-8(12(18)19)5-6-16-11/h1-7,13H,(H,16,17)(H,18,19). The first-order valence-electron chi connectivity index (χ1n) is 5.56. The molecule has 0 atom stereocenters. The highest BCUT2D eigenvalue weighted by molar-refractivity contribution is 5.88. The van der Waals surface area contributed by atoms with E-state index in [9.17, 15) is 13.6 Å². The minimum Gasteiger partial charge on any atom is -0.478 e. The number of pyridine rings is 1. The molecule has 1 aromatic carbocycles. The van der Waals surface area contributed by atoms with E-state index in [1.807, 2.05) is 0 Å². The topological polar surface area (TPSA) is 71.5 Å². The van der Waals surface area contributed by atoms with Gasteiger partial charge in [-0.25, -0.2) is 9.78 Å². The molecule has 0 aliphatic carbocycles. The first kappa shape index (κ1) is 13.7. The van der Waals surface area contributed by atoms with Crippen LogP contribution in [0, 0.1) is 0 Å². The summed E-state index contributed by atoms with van der Waals surface area (Å²) in [6, 6.07) is 8.69. The molecule has 1 heterocycles. The third-order valence-corrected chi connectivity index (χ3v) is 2.37. The van der Waals surface area contributed by atoms with Crippen LogP contribution in [0.5, 0.6) is 5.75 Å². The summed E-state index contributed by atoms with van der Waals surface area (Å²) in [6.45, 7) is -2.95. The number of carbonyl (C=O) groups is 1. The Morgan fingerprint density at radius 1 is 1.30 bits per heavy atom. The lowest BCUT2D eigenvalue weighted by atomic mass is 10.2. The zero-order valence-electron chi connectivity index (χ0n) is 10.1. The Labute approximate surface area is 112 Å². The number of nitrogens with zero attached hydrogens (tertiary/aromatic N) is 1. The molecule has 0 fully saturated rings. The van der Waals surface area contributed by atoms with Crippen LogP contribution < -0.4 is 10.1 Å². The van der Waals surface area contributed by atoms with Gasteiger partial charge in [-0.15, -0.1) is 0 Å². The zero-order chi connectivity index (χ0) is 14.5. The smallest absolute Gasteiger partial charge is 0.387 e. The van der Waals surface area contributed by atoms with Crippen molar-refractivity contribution in [3.05, 3.63) is 48.2 Å². The van der Waals surface area contributed by atoms with Gasteiger partial charge in [0.25, 0.3) is 0 Å². The second-order valence-corrected chi connectivity index (χ2v) is 3.73. The number of hydrogen-bond donors (Lipinski definition) is 2.